The van der Waals surface area contributed by atoms with Gasteiger partial charge in [0.1, 0.15) is 0 Å². The first kappa shape index (κ1) is 12.7. The van der Waals surface area contributed by atoms with E-state index in [0.717, 1.165) is 18.2 Å². The van der Waals surface area contributed by atoms with Crippen LogP contribution in [0.15, 0.2) is 18.2 Å². The van der Waals surface area contributed by atoms with Crippen LogP contribution in [0, 0.1) is 5.82 Å². The number of benzene rings is 1. The maximum absolute atomic E-state index is 13.1. The number of halogens is 4. The van der Waals surface area contributed by atoms with Crippen LogP contribution in [0.1, 0.15) is 11.6 Å². The molecule has 0 radical (unpaired) electrons. The van der Waals surface area contributed by atoms with Crippen molar-refractivity contribution in [2.24, 2.45) is 5.73 Å². The Bertz CT molecular complexity index is 367. The van der Waals surface area contributed by atoms with Crippen molar-refractivity contribution in [3.63, 3.8) is 0 Å². The Hall–Kier alpha value is -1.34. The molecule has 16 heavy (non-hydrogen) atoms. The summed E-state index contributed by atoms with van der Waals surface area (Å²) >= 11 is 0. The molecule has 0 heterocycles. The minimum absolute atomic E-state index is 0.189. The molecule has 1 rings (SSSR count). The summed E-state index contributed by atoms with van der Waals surface area (Å²) in [5.74, 6) is -2.11. The molecule has 0 fully saturated rings. The zero-order chi connectivity index (χ0) is 12.3. The number of ether oxygens (including phenoxy) is 1. The van der Waals surface area contributed by atoms with E-state index in [2.05, 4.69) is 4.74 Å². The van der Waals surface area contributed by atoms with Crippen molar-refractivity contribution < 1.29 is 27.4 Å². The summed E-state index contributed by atoms with van der Waals surface area (Å²) in [5, 5.41) is 8.68. The standard InChI is InChI=1S/C9H9F4NO2/c10-6-3-5(7(14)4-15)1-2-8(6)16-9(11,12)13/h1-3,7,15H,4,14H2/t7-/m0/s1. The Morgan fingerprint density at radius 2 is 2.00 bits per heavy atom. The molecule has 1 aromatic carbocycles. The second kappa shape index (κ2) is 4.67. The Balaban J connectivity index is 2.92. The van der Waals surface area contributed by atoms with Crippen LogP contribution in [0.2, 0.25) is 0 Å². The minimum Gasteiger partial charge on any atom is -0.403 e. The smallest absolute Gasteiger partial charge is 0.403 e. The van der Waals surface area contributed by atoms with Gasteiger partial charge < -0.3 is 15.6 Å². The maximum atomic E-state index is 13.1. The van der Waals surface area contributed by atoms with E-state index in [-0.39, 0.29) is 5.56 Å². The maximum Gasteiger partial charge on any atom is 0.573 e. The largest absolute Gasteiger partial charge is 0.573 e. The number of alkyl halides is 3. The van der Waals surface area contributed by atoms with Crippen LogP contribution in [-0.2, 0) is 0 Å². The molecule has 1 atom stereocenters. The third-order valence-corrected chi connectivity index (χ3v) is 1.81. The number of hydrogen-bond acceptors (Lipinski definition) is 3. The highest BCUT2D eigenvalue weighted by molar-refractivity contribution is 5.31. The number of rotatable bonds is 3. The summed E-state index contributed by atoms with van der Waals surface area (Å²) in [4.78, 5) is 0. The number of aliphatic hydroxyl groups is 1. The van der Waals surface area contributed by atoms with Crippen molar-refractivity contribution in [2.45, 2.75) is 12.4 Å². The third-order valence-electron chi connectivity index (χ3n) is 1.81. The average Bonchev–Trinajstić information content (AvgIpc) is 2.18. The van der Waals surface area contributed by atoms with Crippen LogP contribution < -0.4 is 10.5 Å². The first-order valence-electron chi connectivity index (χ1n) is 4.25. The number of nitrogens with two attached hydrogens (primary N) is 1. The molecule has 0 aliphatic heterocycles. The van der Waals surface area contributed by atoms with Gasteiger partial charge in [0.25, 0.3) is 0 Å². The Morgan fingerprint density at radius 3 is 2.44 bits per heavy atom. The van der Waals surface area contributed by atoms with Gasteiger partial charge in [-0.3, -0.25) is 0 Å². The minimum atomic E-state index is -4.94. The molecule has 0 aromatic heterocycles. The van der Waals surface area contributed by atoms with E-state index in [0.29, 0.717) is 0 Å². The van der Waals surface area contributed by atoms with E-state index < -0.39 is 30.6 Å². The van der Waals surface area contributed by atoms with Crippen LogP contribution in [-0.4, -0.2) is 18.1 Å². The van der Waals surface area contributed by atoms with Gasteiger partial charge >= 0.3 is 6.36 Å². The Labute approximate surface area is 88.4 Å². The predicted molar refractivity (Wildman–Crippen MR) is 47.1 cm³/mol. The van der Waals surface area contributed by atoms with Gasteiger partial charge in [-0.2, -0.15) is 0 Å². The van der Waals surface area contributed by atoms with E-state index in [1.54, 1.807) is 0 Å². The zero-order valence-corrected chi connectivity index (χ0v) is 7.96. The summed E-state index contributed by atoms with van der Waals surface area (Å²) in [6.07, 6.45) is -4.94. The van der Waals surface area contributed by atoms with Crippen LogP contribution in [0.25, 0.3) is 0 Å². The molecular weight excluding hydrogens is 230 g/mol. The fraction of sp³-hybridized carbons (Fsp3) is 0.333. The average molecular weight is 239 g/mol. The van der Waals surface area contributed by atoms with Gasteiger partial charge in [0, 0.05) is 0 Å². The van der Waals surface area contributed by atoms with Gasteiger partial charge in [0.2, 0.25) is 0 Å². The monoisotopic (exact) mass is 239 g/mol. The third kappa shape index (κ3) is 3.35. The fourth-order valence-corrected chi connectivity index (χ4v) is 1.06. The lowest BCUT2D eigenvalue weighted by Crippen LogP contribution is -2.19. The molecule has 0 aliphatic rings. The zero-order valence-electron chi connectivity index (χ0n) is 7.96. The molecule has 0 saturated heterocycles. The topological polar surface area (TPSA) is 55.5 Å². The Morgan fingerprint density at radius 1 is 1.38 bits per heavy atom. The normalized spacial score (nSPS) is 13.6. The fourth-order valence-electron chi connectivity index (χ4n) is 1.06. The molecule has 7 heteroatoms. The molecule has 0 bridgehead atoms. The number of hydrogen-bond donors (Lipinski definition) is 2. The van der Waals surface area contributed by atoms with Crippen molar-refractivity contribution in [2.75, 3.05) is 6.61 Å². The Kier molecular flexibility index (Phi) is 3.71. The highest BCUT2D eigenvalue weighted by Crippen LogP contribution is 2.27. The van der Waals surface area contributed by atoms with Crippen molar-refractivity contribution in [3.8, 4) is 5.75 Å². The summed E-state index contributed by atoms with van der Waals surface area (Å²) in [6, 6.07) is 1.93. The summed E-state index contributed by atoms with van der Waals surface area (Å²) in [5.41, 5.74) is 5.55. The summed E-state index contributed by atoms with van der Waals surface area (Å²) in [7, 11) is 0. The molecule has 3 nitrogen and oxygen atoms in total. The first-order valence-corrected chi connectivity index (χ1v) is 4.25. The lowest BCUT2D eigenvalue weighted by molar-refractivity contribution is -0.275. The molecular formula is C9H9F4NO2. The molecule has 0 aliphatic carbocycles. The molecule has 90 valence electrons. The van der Waals surface area contributed by atoms with Crippen molar-refractivity contribution in [1.82, 2.24) is 0 Å². The highest BCUT2D eigenvalue weighted by Gasteiger charge is 2.32. The van der Waals surface area contributed by atoms with Gasteiger partial charge in [-0.25, -0.2) is 4.39 Å². The molecule has 0 spiro atoms. The van der Waals surface area contributed by atoms with E-state index >= 15 is 0 Å². The second-order valence-electron chi connectivity index (χ2n) is 3.03. The quantitative estimate of drug-likeness (QED) is 0.789. The second-order valence-corrected chi connectivity index (χ2v) is 3.03. The van der Waals surface area contributed by atoms with E-state index in [1.165, 1.54) is 0 Å². The van der Waals surface area contributed by atoms with Gasteiger partial charge in [0.05, 0.1) is 12.6 Å². The number of aliphatic hydroxyl groups excluding tert-OH is 1. The summed E-state index contributed by atoms with van der Waals surface area (Å²) in [6.45, 7) is -0.432. The molecule has 0 saturated carbocycles. The lowest BCUT2D eigenvalue weighted by Gasteiger charge is -2.12. The van der Waals surface area contributed by atoms with E-state index in [1.807, 2.05) is 0 Å². The highest BCUT2D eigenvalue weighted by atomic mass is 19.4. The van der Waals surface area contributed by atoms with Gasteiger partial charge in [-0.05, 0) is 17.7 Å². The molecule has 0 amide bonds. The first-order chi connectivity index (χ1) is 7.33. The van der Waals surface area contributed by atoms with Crippen molar-refractivity contribution in [3.05, 3.63) is 29.6 Å². The SMILES string of the molecule is N[C@@H](CO)c1ccc(OC(F)(F)F)c(F)c1. The van der Waals surface area contributed by atoms with Crippen LogP contribution in [0.4, 0.5) is 17.6 Å². The van der Waals surface area contributed by atoms with Gasteiger partial charge in [-0.1, -0.05) is 6.07 Å². The van der Waals surface area contributed by atoms with Gasteiger partial charge in [-0.15, -0.1) is 13.2 Å². The lowest BCUT2D eigenvalue weighted by atomic mass is 10.1. The molecule has 1 aromatic rings. The van der Waals surface area contributed by atoms with Crippen LogP contribution in [0.5, 0.6) is 5.75 Å². The van der Waals surface area contributed by atoms with Crippen molar-refractivity contribution >= 4 is 0 Å². The van der Waals surface area contributed by atoms with Crippen LogP contribution >= 0.6 is 0 Å². The van der Waals surface area contributed by atoms with Crippen LogP contribution in [0.3, 0.4) is 0 Å². The van der Waals surface area contributed by atoms with Gasteiger partial charge in [0.15, 0.2) is 11.6 Å². The molecule has 0 unspecified atom stereocenters. The molecule has 3 N–H and O–H groups in total. The van der Waals surface area contributed by atoms with E-state index in [4.69, 9.17) is 10.8 Å². The van der Waals surface area contributed by atoms with Crippen molar-refractivity contribution in [1.29, 1.82) is 0 Å². The van der Waals surface area contributed by atoms with E-state index in [9.17, 15) is 17.6 Å². The summed E-state index contributed by atoms with van der Waals surface area (Å²) < 4.78 is 51.9. The predicted octanol–water partition coefficient (Wildman–Crippen LogP) is 1.72.